The lowest BCUT2D eigenvalue weighted by Crippen LogP contribution is -2.21. The first-order chi connectivity index (χ1) is 7.75. The zero-order valence-electron chi connectivity index (χ0n) is 8.77. The number of hydrogen-bond acceptors (Lipinski definition) is 2. The van der Waals surface area contributed by atoms with Crippen LogP contribution in [-0.4, -0.2) is 11.1 Å². The fourth-order valence-electron chi connectivity index (χ4n) is 2.44. The summed E-state index contributed by atoms with van der Waals surface area (Å²) in [5, 5.41) is 10.3. The normalized spacial score (nSPS) is 19.6. The van der Waals surface area contributed by atoms with Gasteiger partial charge < -0.3 is 5.11 Å². The van der Waals surface area contributed by atoms with Crippen molar-refractivity contribution in [2.75, 3.05) is 0 Å². The van der Waals surface area contributed by atoms with Gasteiger partial charge in [-0.15, -0.1) is 11.3 Å². The van der Waals surface area contributed by atoms with Crippen molar-refractivity contribution in [2.24, 2.45) is 5.92 Å². The largest absolute Gasteiger partial charge is 0.481 e. The van der Waals surface area contributed by atoms with E-state index in [9.17, 15) is 4.79 Å². The maximum Gasteiger partial charge on any atom is 0.306 e. The van der Waals surface area contributed by atoms with Crippen LogP contribution in [-0.2, 0) is 17.6 Å². The van der Waals surface area contributed by atoms with Gasteiger partial charge >= 0.3 is 5.97 Å². The van der Waals surface area contributed by atoms with Crippen molar-refractivity contribution in [3.63, 3.8) is 0 Å². The van der Waals surface area contributed by atoms with Gasteiger partial charge in [0.05, 0.1) is 5.92 Å². The minimum Gasteiger partial charge on any atom is -0.481 e. The average molecular weight is 232 g/mol. The Morgan fingerprint density at radius 1 is 1.38 bits per heavy atom. The number of aliphatic carboxylic acids is 1. The maximum absolute atomic E-state index is 11.0. The van der Waals surface area contributed by atoms with Gasteiger partial charge in [-0.25, -0.2) is 0 Å². The first kappa shape index (κ1) is 9.85. The Morgan fingerprint density at radius 2 is 2.19 bits per heavy atom. The minimum atomic E-state index is -0.652. The summed E-state index contributed by atoms with van der Waals surface area (Å²) in [6.07, 6.45) is 2.41. The number of carbonyl (C=O) groups is 1. The first-order valence-electron chi connectivity index (χ1n) is 5.48. The summed E-state index contributed by atoms with van der Waals surface area (Å²) in [6, 6.07) is 8.29. The number of carboxylic acid groups (broad SMARTS) is 1. The Balaban J connectivity index is 2.11. The molecule has 0 amide bonds. The molecule has 1 atom stereocenters. The molecule has 0 spiro atoms. The van der Waals surface area contributed by atoms with E-state index in [2.05, 4.69) is 12.1 Å². The molecule has 1 aromatic carbocycles. The van der Waals surface area contributed by atoms with E-state index in [4.69, 9.17) is 5.11 Å². The van der Waals surface area contributed by atoms with Crippen LogP contribution in [0, 0.1) is 5.92 Å². The van der Waals surface area contributed by atoms with Crippen LogP contribution in [0.3, 0.4) is 0 Å². The molecule has 0 fully saturated rings. The molecule has 1 aliphatic carbocycles. The van der Waals surface area contributed by atoms with E-state index in [0.29, 0.717) is 6.42 Å². The van der Waals surface area contributed by atoms with Crippen LogP contribution in [0.25, 0.3) is 10.1 Å². The molecule has 1 unspecified atom stereocenters. The molecule has 3 heteroatoms. The van der Waals surface area contributed by atoms with Crippen molar-refractivity contribution >= 4 is 27.4 Å². The molecule has 16 heavy (non-hydrogen) atoms. The average Bonchev–Trinajstić information content (AvgIpc) is 2.66. The summed E-state index contributed by atoms with van der Waals surface area (Å²) < 4.78 is 1.29. The summed E-state index contributed by atoms with van der Waals surface area (Å²) >= 11 is 1.82. The maximum atomic E-state index is 11.0. The van der Waals surface area contributed by atoms with Crippen molar-refractivity contribution < 1.29 is 9.90 Å². The van der Waals surface area contributed by atoms with Crippen molar-refractivity contribution in [3.8, 4) is 0 Å². The molecule has 0 saturated carbocycles. The number of thiophene rings is 1. The van der Waals surface area contributed by atoms with Crippen LogP contribution in [0.4, 0.5) is 0 Å². The highest BCUT2D eigenvalue weighted by Crippen LogP contribution is 2.37. The number of carboxylic acids is 1. The SMILES string of the molecule is O=C(O)C1CCc2sc3ccccc3c2C1. The van der Waals surface area contributed by atoms with Gasteiger partial charge in [-0.05, 0) is 36.3 Å². The number of rotatable bonds is 1. The zero-order valence-corrected chi connectivity index (χ0v) is 9.59. The van der Waals surface area contributed by atoms with Gasteiger partial charge in [-0.2, -0.15) is 0 Å². The monoisotopic (exact) mass is 232 g/mol. The van der Waals surface area contributed by atoms with Crippen molar-refractivity contribution in [2.45, 2.75) is 19.3 Å². The topological polar surface area (TPSA) is 37.3 Å². The summed E-state index contributed by atoms with van der Waals surface area (Å²) in [4.78, 5) is 12.4. The Hall–Kier alpha value is -1.35. The molecular formula is C13H12O2S. The second kappa shape index (κ2) is 3.59. The van der Waals surface area contributed by atoms with E-state index < -0.39 is 5.97 Å². The van der Waals surface area contributed by atoms with E-state index in [1.165, 1.54) is 20.5 Å². The fraction of sp³-hybridized carbons (Fsp3) is 0.308. The minimum absolute atomic E-state index is 0.189. The van der Waals surface area contributed by atoms with Crippen molar-refractivity contribution in [3.05, 3.63) is 34.7 Å². The van der Waals surface area contributed by atoms with Crippen molar-refractivity contribution in [1.82, 2.24) is 0 Å². The van der Waals surface area contributed by atoms with Crippen LogP contribution < -0.4 is 0 Å². The molecule has 0 radical (unpaired) electrons. The quantitative estimate of drug-likeness (QED) is 0.820. The molecule has 0 bridgehead atoms. The Kier molecular flexibility index (Phi) is 2.21. The highest BCUT2D eigenvalue weighted by atomic mass is 32.1. The van der Waals surface area contributed by atoms with Gasteiger partial charge in [0.15, 0.2) is 0 Å². The van der Waals surface area contributed by atoms with Crippen LogP contribution >= 0.6 is 11.3 Å². The highest BCUT2D eigenvalue weighted by molar-refractivity contribution is 7.19. The summed E-state index contributed by atoms with van der Waals surface area (Å²) in [5.74, 6) is -0.841. The molecule has 1 aliphatic rings. The van der Waals surface area contributed by atoms with Gasteiger partial charge in [-0.3, -0.25) is 4.79 Å². The lowest BCUT2D eigenvalue weighted by molar-refractivity contribution is -0.142. The van der Waals surface area contributed by atoms with Crippen LogP contribution in [0.15, 0.2) is 24.3 Å². The van der Waals surface area contributed by atoms with Gasteiger partial charge in [0.2, 0.25) is 0 Å². The van der Waals surface area contributed by atoms with Gasteiger partial charge in [0.1, 0.15) is 0 Å². The molecule has 1 N–H and O–H groups in total. The summed E-state index contributed by atoms with van der Waals surface area (Å²) in [7, 11) is 0. The zero-order chi connectivity index (χ0) is 11.1. The molecule has 1 aromatic heterocycles. The van der Waals surface area contributed by atoms with E-state index >= 15 is 0 Å². The molecule has 0 saturated heterocycles. The summed E-state index contributed by atoms with van der Waals surface area (Å²) in [6.45, 7) is 0. The number of fused-ring (bicyclic) bond motifs is 3. The van der Waals surface area contributed by atoms with Crippen LogP contribution in [0.2, 0.25) is 0 Å². The third-order valence-corrected chi connectivity index (χ3v) is 4.57. The first-order valence-corrected chi connectivity index (χ1v) is 6.29. The predicted molar refractivity (Wildman–Crippen MR) is 65.0 cm³/mol. The Bertz CT molecular complexity index is 556. The number of hydrogen-bond donors (Lipinski definition) is 1. The molecular weight excluding hydrogens is 220 g/mol. The summed E-state index contributed by atoms with van der Waals surface area (Å²) in [5.41, 5.74) is 1.28. The van der Waals surface area contributed by atoms with E-state index in [1.807, 2.05) is 23.5 Å². The van der Waals surface area contributed by atoms with E-state index in [1.54, 1.807) is 0 Å². The van der Waals surface area contributed by atoms with Gasteiger partial charge in [-0.1, -0.05) is 18.2 Å². The molecule has 0 aliphatic heterocycles. The third kappa shape index (κ3) is 1.43. The second-order valence-electron chi connectivity index (χ2n) is 4.28. The lowest BCUT2D eigenvalue weighted by atomic mass is 9.87. The molecule has 82 valence electrons. The predicted octanol–water partition coefficient (Wildman–Crippen LogP) is 3.09. The van der Waals surface area contributed by atoms with E-state index in [0.717, 1.165) is 12.8 Å². The Labute approximate surface area is 97.5 Å². The molecule has 2 nitrogen and oxygen atoms in total. The van der Waals surface area contributed by atoms with Gasteiger partial charge in [0.25, 0.3) is 0 Å². The van der Waals surface area contributed by atoms with E-state index in [-0.39, 0.29) is 5.92 Å². The van der Waals surface area contributed by atoms with Crippen LogP contribution in [0.1, 0.15) is 16.9 Å². The highest BCUT2D eigenvalue weighted by Gasteiger charge is 2.26. The van der Waals surface area contributed by atoms with Crippen LogP contribution in [0.5, 0.6) is 0 Å². The van der Waals surface area contributed by atoms with Gasteiger partial charge in [0, 0.05) is 9.58 Å². The van der Waals surface area contributed by atoms with Crippen molar-refractivity contribution in [1.29, 1.82) is 0 Å². The standard InChI is InChI=1S/C13H12O2S/c14-13(15)8-5-6-12-10(7-8)9-3-1-2-4-11(9)16-12/h1-4,8H,5-7H2,(H,14,15). The smallest absolute Gasteiger partial charge is 0.306 e. The molecule has 2 aromatic rings. The molecule has 3 rings (SSSR count). The fourth-order valence-corrected chi connectivity index (χ4v) is 3.69. The number of aryl methyl sites for hydroxylation is 1. The molecule has 1 heterocycles. The lowest BCUT2D eigenvalue weighted by Gasteiger charge is -2.18. The Morgan fingerprint density at radius 3 is 3.00 bits per heavy atom. The number of benzene rings is 1. The second-order valence-corrected chi connectivity index (χ2v) is 5.41. The third-order valence-electron chi connectivity index (χ3n) is 3.30.